The quantitative estimate of drug-likeness (QED) is 0.278. The standard InChI is InChI=1S/C24H41NO5/c1-10-11-12-28-16-20(30-22(27)18(4)5)15-25-23(6,7)13-19(14-24(25,8)9)29-21(26)17(2)3/h19-20H,2,4,10-16H2,1,3,5-9H3. The van der Waals surface area contributed by atoms with Crippen molar-refractivity contribution in [2.24, 2.45) is 0 Å². The van der Waals surface area contributed by atoms with Crippen LogP contribution >= 0.6 is 0 Å². The number of carbonyl (C=O) groups excluding carboxylic acids is 2. The first-order valence-corrected chi connectivity index (χ1v) is 10.9. The first-order valence-electron chi connectivity index (χ1n) is 10.9. The maximum Gasteiger partial charge on any atom is 0.333 e. The van der Waals surface area contributed by atoms with Crippen molar-refractivity contribution in [2.75, 3.05) is 19.8 Å². The number of esters is 2. The Balaban J connectivity index is 2.94. The molecule has 1 saturated heterocycles. The van der Waals surface area contributed by atoms with Gasteiger partial charge in [0.1, 0.15) is 12.2 Å². The minimum Gasteiger partial charge on any atom is -0.459 e. The Morgan fingerprint density at radius 1 is 1.03 bits per heavy atom. The second-order valence-electron chi connectivity index (χ2n) is 9.69. The zero-order chi connectivity index (χ0) is 23.1. The Hall–Kier alpha value is -1.66. The average molecular weight is 424 g/mol. The third-order valence-corrected chi connectivity index (χ3v) is 5.49. The average Bonchev–Trinajstić information content (AvgIpc) is 2.60. The summed E-state index contributed by atoms with van der Waals surface area (Å²) in [5, 5.41) is 0. The van der Waals surface area contributed by atoms with E-state index in [0.717, 1.165) is 12.8 Å². The number of ether oxygens (including phenoxy) is 3. The number of likely N-dealkylation sites (tertiary alicyclic amines) is 1. The van der Waals surface area contributed by atoms with Crippen LogP contribution in [0.2, 0.25) is 0 Å². The fourth-order valence-electron chi connectivity index (χ4n) is 4.10. The minimum absolute atomic E-state index is 0.187. The van der Waals surface area contributed by atoms with E-state index in [-0.39, 0.29) is 23.2 Å². The van der Waals surface area contributed by atoms with Crippen molar-refractivity contribution >= 4 is 11.9 Å². The van der Waals surface area contributed by atoms with Crippen molar-refractivity contribution in [3.63, 3.8) is 0 Å². The van der Waals surface area contributed by atoms with E-state index in [1.165, 1.54) is 0 Å². The molecule has 172 valence electrons. The summed E-state index contributed by atoms with van der Waals surface area (Å²) < 4.78 is 17.2. The largest absolute Gasteiger partial charge is 0.459 e. The summed E-state index contributed by atoms with van der Waals surface area (Å²) in [6.45, 7) is 22.8. The van der Waals surface area contributed by atoms with Crippen LogP contribution in [0.3, 0.4) is 0 Å². The van der Waals surface area contributed by atoms with Gasteiger partial charge in [0, 0.05) is 48.2 Å². The predicted molar refractivity (Wildman–Crippen MR) is 119 cm³/mol. The first-order chi connectivity index (χ1) is 13.8. The maximum absolute atomic E-state index is 12.2. The smallest absolute Gasteiger partial charge is 0.333 e. The van der Waals surface area contributed by atoms with E-state index in [1.807, 2.05) is 0 Å². The van der Waals surface area contributed by atoms with Gasteiger partial charge in [0.25, 0.3) is 0 Å². The Labute approximate surface area is 182 Å². The third kappa shape index (κ3) is 7.88. The Bertz CT molecular complexity index is 620. The van der Waals surface area contributed by atoms with Crippen molar-refractivity contribution in [3.05, 3.63) is 24.3 Å². The van der Waals surface area contributed by atoms with Crippen LogP contribution in [0.15, 0.2) is 24.3 Å². The zero-order valence-electron chi connectivity index (χ0n) is 20.0. The molecule has 1 unspecified atom stereocenters. The zero-order valence-corrected chi connectivity index (χ0v) is 20.0. The van der Waals surface area contributed by atoms with Crippen molar-refractivity contribution in [2.45, 2.75) is 97.4 Å². The van der Waals surface area contributed by atoms with Gasteiger partial charge in [-0.15, -0.1) is 0 Å². The molecule has 6 nitrogen and oxygen atoms in total. The summed E-state index contributed by atoms with van der Waals surface area (Å²) in [7, 11) is 0. The van der Waals surface area contributed by atoms with Gasteiger partial charge in [-0.1, -0.05) is 26.5 Å². The van der Waals surface area contributed by atoms with Gasteiger partial charge in [-0.2, -0.15) is 0 Å². The highest BCUT2D eigenvalue weighted by molar-refractivity contribution is 5.87. The summed E-state index contributed by atoms with van der Waals surface area (Å²) >= 11 is 0. The van der Waals surface area contributed by atoms with Crippen molar-refractivity contribution in [1.29, 1.82) is 0 Å². The van der Waals surface area contributed by atoms with E-state index in [9.17, 15) is 9.59 Å². The molecule has 1 fully saturated rings. The topological polar surface area (TPSA) is 65.1 Å². The lowest BCUT2D eigenvalue weighted by Gasteiger charge is -2.55. The van der Waals surface area contributed by atoms with Crippen LogP contribution in [0.5, 0.6) is 0 Å². The normalized spacial score (nSPS) is 19.7. The first kappa shape index (κ1) is 26.4. The van der Waals surface area contributed by atoms with Gasteiger partial charge in [-0.3, -0.25) is 4.90 Å². The van der Waals surface area contributed by atoms with E-state index in [0.29, 0.717) is 43.7 Å². The molecule has 1 aliphatic rings. The molecule has 30 heavy (non-hydrogen) atoms. The molecule has 1 heterocycles. The van der Waals surface area contributed by atoms with Crippen LogP contribution in [-0.4, -0.2) is 59.9 Å². The van der Waals surface area contributed by atoms with Crippen LogP contribution in [0.1, 0.15) is 74.1 Å². The lowest BCUT2D eigenvalue weighted by Crippen LogP contribution is -2.64. The lowest BCUT2D eigenvalue weighted by molar-refractivity contribution is -0.165. The van der Waals surface area contributed by atoms with Gasteiger partial charge in [-0.25, -0.2) is 9.59 Å². The molecular weight excluding hydrogens is 382 g/mol. The number of rotatable bonds is 11. The molecule has 0 N–H and O–H groups in total. The summed E-state index contributed by atoms with van der Waals surface area (Å²) in [6, 6.07) is 0. The lowest BCUT2D eigenvalue weighted by atomic mass is 9.77. The summed E-state index contributed by atoms with van der Waals surface area (Å²) in [4.78, 5) is 26.6. The monoisotopic (exact) mass is 423 g/mol. The molecule has 0 amide bonds. The predicted octanol–water partition coefficient (Wildman–Crippen LogP) is 4.43. The minimum atomic E-state index is -0.404. The van der Waals surface area contributed by atoms with E-state index in [2.05, 4.69) is 52.7 Å². The number of unbranched alkanes of at least 4 members (excludes halogenated alkanes) is 1. The summed E-state index contributed by atoms with van der Waals surface area (Å²) in [6.07, 6.45) is 2.80. The fourth-order valence-corrected chi connectivity index (χ4v) is 4.10. The molecule has 1 aliphatic heterocycles. The molecule has 0 aliphatic carbocycles. The van der Waals surface area contributed by atoms with Gasteiger partial charge in [0.2, 0.25) is 0 Å². The van der Waals surface area contributed by atoms with Gasteiger partial charge in [0.15, 0.2) is 0 Å². The van der Waals surface area contributed by atoms with E-state index >= 15 is 0 Å². The molecule has 1 rings (SSSR count). The molecule has 0 radical (unpaired) electrons. The molecule has 0 aromatic heterocycles. The fraction of sp³-hybridized carbons (Fsp3) is 0.750. The Morgan fingerprint density at radius 3 is 2.03 bits per heavy atom. The van der Waals surface area contributed by atoms with Crippen LogP contribution in [0, 0.1) is 0 Å². The van der Waals surface area contributed by atoms with Crippen LogP contribution in [-0.2, 0) is 23.8 Å². The molecule has 0 saturated carbocycles. The Morgan fingerprint density at radius 2 is 1.57 bits per heavy atom. The van der Waals surface area contributed by atoms with Gasteiger partial charge >= 0.3 is 11.9 Å². The highest BCUT2D eigenvalue weighted by atomic mass is 16.6. The second kappa shape index (κ2) is 11.1. The van der Waals surface area contributed by atoms with E-state index in [1.54, 1.807) is 13.8 Å². The summed E-state index contributed by atoms with van der Waals surface area (Å²) in [5.74, 6) is -0.752. The maximum atomic E-state index is 12.2. The van der Waals surface area contributed by atoms with E-state index in [4.69, 9.17) is 14.2 Å². The van der Waals surface area contributed by atoms with Crippen LogP contribution < -0.4 is 0 Å². The molecule has 1 atom stereocenters. The molecule has 0 aromatic carbocycles. The van der Waals surface area contributed by atoms with Crippen LogP contribution in [0.25, 0.3) is 0 Å². The highest BCUT2D eigenvalue weighted by Crippen LogP contribution is 2.40. The number of carbonyl (C=O) groups is 2. The Kier molecular flexibility index (Phi) is 9.76. The molecular formula is C24H41NO5. The van der Waals surface area contributed by atoms with Gasteiger partial charge in [0.05, 0.1) is 6.61 Å². The highest BCUT2D eigenvalue weighted by Gasteiger charge is 2.47. The van der Waals surface area contributed by atoms with Gasteiger partial charge < -0.3 is 14.2 Å². The third-order valence-electron chi connectivity index (χ3n) is 5.49. The van der Waals surface area contributed by atoms with E-state index < -0.39 is 12.1 Å². The molecule has 0 bridgehead atoms. The SMILES string of the molecule is C=C(C)C(=O)OC(COCCCC)CN1C(C)(C)CC(OC(=O)C(=C)C)CC1(C)C. The van der Waals surface area contributed by atoms with Gasteiger partial charge in [-0.05, 0) is 48.0 Å². The number of piperidine rings is 1. The van der Waals surface area contributed by atoms with Crippen molar-refractivity contribution in [1.82, 2.24) is 4.90 Å². The number of nitrogens with zero attached hydrogens (tertiary/aromatic N) is 1. The molecule has 0 spiro atoms. The second-order valence-corrected chi connectivity index (χ2v) is 9.69. The molecule has 0 aromatic rings. The number of hydrogen-bond donors (Lipinski definition) is 0. The van der Waals surface area contributed by atoms with Crippen LogP contribution in [0.4, 0.5) is 0 Å². The number of hydrogen-bond acceptors (Lipinski definition) is 6. The molecule has 6 heteroatoms. The summed E-state index contributed by atoms with van der Waals surface area (Å²) in [5.41, 5.74) is 0.250. The van der Waals surface area contributed by atoms with Crippen molar-refractivity contribution < 1.29 is 23.8 Å². The van der Waals surface area contributed by atoms with Crippen molar-refractivity contribution in [3.8, 4) is 0 Å².